The Hall–Kier alpha value is -3.48. The van der Waals surface area contributed by atoms with Crippen LogP contribution in [0.4, 0.5) is 5.95 Å². The number of carbonyl (C=O) groups excluding carboxylic acids is 1. The molecule has 1 aliphatic rings. The van der Waals surface area contributed by atoms with E-state index in [1.54, 1.807) is 48.9 Å². The molecule has 1 aliphatic heterocycles. The number of aromatic nitrogens is 3. The Bertz CT molecular complexity index is 947. The van der Waals surface area contributed by atoms with E-state index < -0.39 is 0 Å². The zero-order valence-electron chi connectivity index (χ0n) is 15.4. The predicted molar refractivity (Wildman–Crippen MR) is 106 cm³/mol. The average Bonchev–Trinajstić information content (AvgIpc) is 3.00. The molecule has 142 valence electrons. The van der Waals surface area contributed by atoms with Crippen molar-refractivity contribution >= 4 is 11.9 Å². The smallest absolute Gasteiger partial charge is 0.255 e. The lowest BCUT2D eigenvalue weighted by Gasteiger charge is -2.22. The van der Waals surface area contributed by atoms with E-state index in [2.05, 4.69) is 19.9 Å². The summed E-state index contributed by atoms with van der Waals surface area (Å²) in [4.78, 5) is 29.9. The minimum absolute atomic E-state index is 0.0224. The van der Waals surface area contributed by atoms with Crippen LogP contribution in [0.15, 0.2) is 61.1 Å². The van der Waals surface area contributed by atoms with Crippen LogP contribution in [0.2, 0.25) is 0 Å². The zero-order valence-corrected chi connectivity index (χ0v) is 15.4. The number of hydrogen-bond acceptors (Lipinski definition) is 6. The van der Waals surface area contributed by atoms with Crippen molar-refractivity contribution in [1.29, 1.82) is 0 Å². The molecular weight excluding hydrogens is 354 g/mol. The average molecular weight is 375 g/mol. The molecule has 4 rings (SSSR count). The van der Waals surface area contributed by atoms with E-state index in [4.69, 9.17) is 0 Å². The Morgan fingerprint density at radius 2 is 1.79 bits per heavy atom. The van der Waals surface area contributed by atoms with Gasteiger partial charge in [0.1, 0.15) is 5.75 Å². The standard InChI is InChI=1S/C21H21N5O2/c27-18-5-1-4-16(14-18)19-7-6-17(15-24-19)20(28)25-10-3-11-26(13-12-25)21-22-8-2-9-23-21/h1-2,4-9,14-15,27H,3,10-13H2. The highest BCUT2D eigenvalue weighted by molar-refractivity contribution is 5.94. The van der Waals surface area contributed by atoms with Crippen molar-refractivity contribution in [2.24, 2.45) is 0 Å². The number of phenols is 1. The highest BCUT2D eigenvalue weighted by Gasteiger charge is 2.21. The van der Waals surface area contributed by atoms with E-state index in [1.807, 2.05) is 17.0 Å². The summed E-state index contributed by atoms with van der Waals surface area (Å²) in [6.45, 7) is 2.83. The zero-order chi connectivity index (χ0) is 19.3. The minimum Gasteiger partial charge on any atom is -0.508 e. The van der Waals surface area contributed by atoms with Crippen LogP contribution in [0, 0.1) is 0 Å². The number of hydrogen-bond donors (Lipinski definition) is 1. The van der Waals surface area contributed by atoms with Gasteiger partial charge in [-0.2, -0.15) is 0 Å². The van der Waals surface area contributed by atoms with Crippen LogP contribution in [-0.2, 0) is 0 Å². The number of phenolic OH excluding ortho intramolecular Hbond substituents is 1. The molecule has 7 nitrogen and oxygen atoms in total. The predicted octanol–water partition coefficient (Wildman–Crippen LogP) is 2.60. The third-order valence-electron chi connectivity index (χ3n) is 4.77. The molecule has 28 heavy (non-hydrogen) atoms. The van der Waals surface area contributed by atoms with Gasteiger partial charge >= 0.3 is 0 Å². The van der Waals surface area contributed by atoms with Crippen molar-refractivity contribution < 1.29 is 9.90 Å². The van der Waals surface area contributed by atoms with Crippen molar-refractivity contribution in [3.63, 3.8) is 0 Å². The Labute approximate surface area is 163 Å². The third-order valence-corrected chi connectivity index (χ3v) is 4.77. The fourth-order valence-electron chi connectivity index (χ4n) is 3.31. The first-order chi connectivity index (χ1) is 13.7. The molecule has 7 heteroatoms. The molecule has 3 heterocycles. The summed E-state index contributed by atoms with van der Waals surface area (Å²) in [7, 11) is 0. The van der Waals surface area contributed by atoms with Crippen LogP contribution in [0.5, 0.6) is 5.75 Å². The largest absolute Gasteiger partial charge is 0.508 e. The van der Waals surface area contributed by atoms with Crippen LogP contribution in [-0.4, -0.2) is 57.0 Å². The van der Waals surface area contributed by atoms with Crippen LogP contribution in [0.1, 0.15) is 16.8 Å². The number of benzene rings is 1. The van der Waals surface area contributed by atoms with Gasteiger partial charge in [-0.05, 0) is 36.8 Å². The summed E-state index contributed by atoms with van der Waals surface area (Å²) in [5.41, 5.74) is 2.09. The first-order valence-corrected chi connectivity index (χ1v) is 9.27. The maximum atomic E-state index is 12.9. The molecule has 3 aromatic rings. The number of rotatable bonds is 3. The molecule has 0 bridgehead atoms. The lowest BCUT2D eigenvalue weighted by molar-refractivity contribution is 0.0766. The van der Waals surface area contributed by atoms with Gasteiger partial charge in [-0.15, -0.1) is 0 Å². The van der Waals surface area contributed by atoms with Gasteiger partial charge in [0.2, 0.25) is 5.95 Å². The highest BCUT2D eigenvalue weighted by Crippen LogP contribution is 2.22. The Morgan fingerprint density at radius 3 is 2.54 bits per heavy atom. The quantitative estimate of drug-likeness (QED) is 0.758. The topological polar surface area (TPSA) is 82.5 Å². The molecule has 0 aliphatic carbocycles. The molecule has 0 atom stereocenters. The van der Waals surface area contributed by atoms with Gasteiger partial charge in [0, 0.05) is 50.3 Å². The van der Waals surface area contributed by atoms with E-state index in [1.165, 1.54) is 0 Å². The molecule has 1 saturated heterocycles. The summed E-state index contributed by atoms with van der Waals surface area (Å²) in [5, 5.41) is 9.62. The molecular formula is C21H21N5O2. The van der Waals surface area contributed by atoms with E-state index in [-0.39, 0.29) is 11.7 Å². The van der Waals surface area contributed by atoms with Gasteiger partial charge in [-0.25, -0.2) is 9.97 Å². The molecule has 2 aromatic heterocycles. The fraction of sp³-hybridized carbons (Fsp3) is 0.238. The Kier molecular flexibility index (Phi) is 5.14. The number of carbonyl (C=O) groups is 1. The maximum absolute atomic E-state index is 12.9. The molecule has 1 amide bonds. The summed E-state index contributed by atoms with van der Waals surface area (Å²) < 4.78 is 0. The van der Waals surface area contributed by atoms with E-state index in [0.717, 1.165) is 24.2 Å². The fourth-order valence-corrected chi connectivity index (χ4v) is 3.31. The van der Waals surface area contributed by atoms with E-state index in [0.29, 0.717) is 31.1 Å². The number of aromatic hydroxyl groups is 1. The van der Waals surface area contributed by atoms with Crippen molar-refractivity contribution in [3.8, 4) is 17.0 Å². The summed E-state index contributed by atoms with van der Waals surface area (Å²) >= 11 is 0. The summed E-state index contributed by atoms with van der Waals surface area (Å²) in [6, 6.07) is 12.3. The minimum atomic E-state index is -0.0224. The second-order valence-electron chi connectivity index (χ2n) is 6.66. The first-order valence-electron chi connectivity index (χ1n) is 9.27. The molecule has 1 fully saturated rings. The summed E-state index contributed by atoms with van der Waals surface area (Å²) in [5.74, 6) is 0.871. The van der Waals surface area contributed by atoms with Crippen LogP contribution in [0.25, 0.3) is 11.3 Å². The normalized spacial score (nSPS) is 14.6. The van der Waals surface area contributed by atoms with Gasteiger partial charge in [0.05, 0.1) is 11.3 Å². The Morgan fingerprint density at radius 1 is 0.929 bits per heavy atom. The Balaban J connectivity index is 1.44. The molecule has 0 spiro atoms. The van der Waals surface area contributed by atoms with Crippen LogP contribution < -0.4 is 4.90 Å². The lowest BCUT2D eigenvalue weighted by Crippen LogP contribution is -2.35. The molecule has 0 radical (unpaired) electrons. The van der Waals surface area contributed by atoms with Crippen molar-refractivity contribution in [1.82, 2.24) is 19.9 Å². The van der Waals surface area contributed by atoms with Gasteiger partial charge in [-0.1, -0.05) is 12.1 Å². The molecule has 1 aromatic carbocycles. The van der Waals surface area contributed by atoms with Gasteiger partial charge in [0.25, 0.3) is 5.91 Å². The number of pyridine rings is 1. The number of nitrogens with zero attached hydrogens (tertiary/aromatic N) is 5. The second-order valence-corrected chi connectivity index (χ2v) is 6.66. The second kappa shape index (κ2) is 8.04. The molecule has 1 N–H and O–H groups in total. The van der Waals surface area contributed by atoms with E-state index in [9.17, 15) is 9.90 Å². The lowest BCUT2D eigenvalue weighted by atomic mass is 10.1. The third kappa shape index (κ3) is 3.93. The number of amides is 1. The number of anilines is 1. The van der Waals surface area contributed by atoms with Gasteiger partial charge in [0.15, 0.2) is 0 Å². The first kappa shape index (κ1) is 17.9. The van der Waals surface area contributed by atoms with Crippen molar-refractivity contribution in [2.45, 2.75) is 6.42 Å². The van der Waals surface area contributed by atoms with Gasteiger partial charge < -0.3 is 14.9 Å². The molecule has 0 unspecified atom stereocenters. The van der Waals surface area contributed by atoms with Crippen LogP contribution >= 0.6 is 0 Å². The van der Waals surface area contributed by atoms with Crippen molar-refractivity contribution in [2.75, 3.05) is 31.1 Å². The highest BCUT2D eigenvalue weighted by atomic mass is 16.3. The van der Waals surface area contributed by atoms with Crippen molar-refractivity contribution in [3.05, 3.63) is 66.6 Å². The SMILES string of the molecule is O=C(c1ccc(-c2cccc(O)c2)nc1)N1CCCN(c2ncccn2)CC1. The van der Waals surface area contributed by atoms with Crippen LogP contribution in [0.3, 0.4) is 0 Å². The summed E-state index contributed by atoms with van der Waals surface area (Å²) in [6.07, 6.45) is 5.93. The maximum Gasteiger partial charge on any atom is 0.255 e. The monoisotopic (exact) mass is 375 g/mol. The van der Waals surface area contributed by atoms with Gasteiger partial charge in [-0.3, -0.25) is 9.78 Å². The molecule has 0 saturated carbocycles. The van der Waals surface area contributed by atoms with E-state index >= 15 is 0 Å².